The maximum absolute atomic E-state index is 5.82. The van der Waals surface area contributed by atoms with Gasteiger partial charge in [0.2, 0.25) is 0 Å². The van der Waals surface area contributed by atoms with E-state index < -0.39 is 9.28 Å². The van der Waals surface area contributed by atoms with E-state index in [1.807, 2.05) is 0 Å². The third-order valence-corrected chi connectivity index (χ3v) is 6.10. The monoisotopic (exact) mass is 282 g/mol. The van der Waals surface area contributed by atoms with Crippen LogP contribution in [0, 0.1) is 0 Å². The third kappa shape index (κ3) is 7.97. The Morgan fingerprint density at radius 2 is 1.50 bits per heavy atom. The second-order valence-electron chi connectivity index (χ2n) is 4.04. The van der Waals surface area contributed by atoms with Crippen molar-refractivity contribution in [2.75, 3.05) is 0 Å². The van der Waals surface area contributed by atoms with Crippen LogP contribution >= 0.6 is 15.9 Å². The summed E-state index contributed by atoms with van der Waals surface area (Å²) in [5.41, 5.74) is 0. The van der Waals surface area contributed by atoms with Gasteiger partial charge in [-0.15, -0.1) is 0 Å². The molecule has 0 saturated heterocycles. The van der Waals surface area contributed by atoms with Gasteiger partial charge in [-0.3, -0.25) is 0 Å². The van der Waals surface area contributed by atoms with Crippen molar-refractivity contribution in [2.24, 2.45) is 0 Å². The first-order valence-corrected chi connectivity index (χ1v) is 8.08. The fourth-order valence-electron chi connectivity index (χ4n) is 1.13. The minimum absolute atomic E-state index is 0.280. The quantitative estimate of drug-likeness (QED) is 0.527. The van der Waals surface area contributed by atoms with E-state index in [4.69, 9.17) is 8.85 Å². The van der Waals surface area contributed by atoms with Crippen LogP contribution in [0.1, 0.15) is 41.0 Å². The first-order valence-electron chi connectivity index (χ1n) is 5.40. The second kappa shape index (κ2) is 7.85. The number of rotatable bonds is 7. The standard InChI is InChI=1S/C10H23BrO2Si/c1-6-10(11)7-14(12-8(2)3)13-9(4)5/h8-10,14H,6-7H2,1-5H3. The lowest BCUT2D eigenvalue weighted by molar-refractivity contribution is 0.129. The SMILES string of the molecule is CCC(Br)C[SiH](OC(C)C)OC(C)C. The van der Waals surface area contributed by atoms with Crippen LogP contribution in [-0.2, 0) is 8.85 Å². The van der Waals surface area contributed by atoms with Crippen LogP contribution in [0.5, 0.6) is 0 Å². The Morgan fingerprint density at radius 1 is 1.07 bits per heavy atom. The van der Waals surface area contributed by atoms with Gasteiger partial charge in [0.1, 0.15) is 0 Å². The highest BCUT2D eigenvalue weighted by Gasteiger charge is 2.20. The molecule has 0 amide bonds. The van der Waals surface area contributed by atoms with Crippen LogP contribution in [0.25, 0.3) is 0 Å². The van der Waals surface area contributed by atoms with Gasteiger partial charge in [-0.1, -0.05) is 22.9 Å². The average molecular weight is 283 g/mol. The molecule has 0 N–H and O–H groups in total. The summed E-state index contributed by atoms with van der Waals surface area (Å²) in [6.07, 6.45) is 1.69. The van der Waals surface area contributed by atoms with Crippen molar-refractivity contribution in [1.82, 2.24) is 0 Å². The summed E-state index contributed by atoms with van der Waals surface area (Å²) in [4.78, 5) is 0.539. The van der Waals surface area contributed by atoms with Gasteiger partial charge >= 0.3 is 9.28 Å². The molecule has 0 aromatic heterocycles. The van der Waals surface area contributed by atoms with Crippen molar-refractivity contribution in [2.45, 2.75) is 64.1 Å². The summed E-state index contributed by atoms with van der Waals surface area (Å²) < 4.78 is 11.6. The zero-order valence-electron chi connectivity index (χ0n) is 9.92. The van der Waals surface area contributed by atoms with Crippen molar-refractivity contribution in [1.29, 1.82) is 0 Å². The molecule has 0 fully saturated rings. The highest BCUT2D eigenvalue weighted by molar-refractivity contribution is 9.09. The van der Waals surface area contributed by atoms with Crippen LogP contribution < -0.4 is 0 Å². The zero-order chi connectivity index (χ0) is 11.1. The molecule has 0 aliphatic carbocycles. The predicted molar refractivity (Wildman–Crippen MR) is 67.4 cm³/mol. The molecule has 2 nitrogen and oxygen atoms in total. The Bertz CT molecular complexity index is 132. The van der Waals surface area contributed by atoms with Gasteiger partial charge in [0.15, 0.2) is 0 Å². The lowest BCUT2D eigenvalue weighted by atomic mass is 10.4. The molecular weight excluding hydrogens is 260 g/mol. The molecule has 0 bridgehead atoms. The molecule has 86 valence electrons. The molecule has 0 aliphatic heterocycles. The maximum Gasteiger partial charge on any atom is 0.322 e. The van der Waals surface area contributed by atoms with Crippen molar-refractivity contribution in [3.8, 4) is 0 Å². The number of hydrogen-bond donors (Lipinski definition) is 0. The zero-order valence-corrected chi connectivity index (χ0v) is 12.7. The summed E-state index contributed by atoms with van der Waals surface area (Å²) in [5, 5.41) is 0. The van der Waals surface area contributed by atoms with E-state index in [2.05, 4.69) is 50.5 Å². The Labute approximate surface area is 98.3 Å². The molecule has 0 rings (SSSR count). The third-order valence-electron chi connectivity index (χ3n) is 1.74. The van der Waals surface area contributed by atoms with Gasteiger partial charge in [-0.25, -0.2) is 0 Å². The van der Waals surface area contributed by atoms with Crippen LogP contribution in [-0.4, -0.2) is 26.3 Å². The van der Waals surface area contributed by atoms with Gasteiger partial charge < -0.3 is 8.85 Å². The second-order valence-corrected chi connectivity index (χ2v) is 7.21. The molecule has 0 spiro atoms. The van der Waals surface area contributed by atoms with Crippen molar-refractivity contribution >= 4 is 25.2 Å². The van der Waals surface area contributed by atoms with E-state index in [0.717, 1.165) is 12.5 Å². The molecule has 1 atom stereocenters. The Morgan fingerprint density at radius 3 is 1.79 bits per heavy atom. The minimum Gasteiger partial charge on any atom is -0.394 e. The highest BCUT2D eigenvalue weighted by atomic mass is 79.9. The number of hydrogen-bond acceptors (Lipinski definition) is 2. The maximum atomic E-state index is 5.82. The number of halogens is 1. The molecule has 1 unspecified atom stereocenters. The van der Waals surface area contributed by atoms with E-state index in [9.17, 15) is 0 Å². The van der Waals surface area contributed by atoms with Crippen LogP contribution in [0.2, 0.25) is 6.04 Å². The van der Waals surface area contributed by atoms with E-state index in [0.29, 0.717) is 4.83 Å². The summed E-state index contributed by atoms with van der Waals surface area (Å²) in [6.45, 7) is 10.4. The lowest BCUT2D eigenvalue weighted by Gasteiger charge is -2.22. The van der Waals surface area contributed by atoms with Crippen molar-refractivity contribution < 1.29 is 8.85 Å². The van der Waals surface area contributed by atoms with E-state index in [-0.39, 0.29) is 12.2 Å². The van der Waals surface area contributed by atoms with Gasteiger partial charge in [0, 0.05) is 23.1 Å². The van der Waals surface area contributed by atoms with Gasteiger partial charge in [0.05, 0.1) is 0 Å². The Hall–Kier alpha value is 0.617. The molecular formula is C10H23BrO2Si. The summed E-state index contributed by atoms with van der Waals surface area (Å²) in [6, 6.07) is 1.05. The molecule has 0 aromatic carbocycles. The predicted octanol–water partition coefficient (Wildman–Crippen LogP) is 3.23. The van der Waals surface area contributed by atoms with Gasteiger partial charge in [-0.2, -0.15) is 0 Å². The van der Waals surface area contributed by atoms with E-state index >= 15 is 0 Å². The van der Waals surface area contributed by atoms with E-state index in [1.165, 1.54) is 0 Å². The first-order chi connectivity index (χ1) is 6.45. The van der Waals surface area contributed by atoms with E-state index in [1.54, 1.807) is 0 Å². The van der Waals surface area contributed by atoms with Crippen LogP contribution in [0.15, 0.2) is 0 Å². The Balaban J connectivity index is 3.96. The van der Waals surface area contributed by atoms with Gasteiger partial charge in [0.25, 0.3) is 0 Å². The first kappa shape index (κ1) is 14.6. The normalized spacial score (nSPS) is 14.4. The van der Waals surface area contributed by atoms with Crippen LogP contribution in [0.3, 0.4) is 0 Å². The molecule has 0 aliphatic rings. The smallest absolute Gasteiger partial charge is 0.322 e. The molecule has 14 heavy (non-hydrogen) atoms. The largest absolute Gasteiger partial charge is 0.394 e. The highest BCUT2D eigenvalue weighted by Crippen LogP contribution is 2.16. The fourth-order valence-corrected chi connectivity index (χ4v) is 4.29. The minimum atomic E-state index is -1.47. The van der Waals surface area contributed by atoms with Gasteiger partial charge in [-0.05, 0) is 34.1 Å². The average Bonchev–Trinajstić information content (AvgIpc) is 2.01. The van der Waals surface area contributed by atoms with Crippen molar-refractivity contribution in [3.05, 3.63) is 0 Å². The topological polar surface area (TPSA) is 18.5 Å². The number of alkyl halides is 1. The van der Waals surface area contributed by atoms with Crippen LogP contribution in [0.4, 0.5) is 0 Å². The molecule has 4 heteroatoms. The molecule has 0 saturated carbocycles. The Kier molecular flexibility index (Phi) is 8.20. The summed E-state index contributed by atoms with van der Waals surface area (Å²) >= 11 is 3.63. The van der Waals surface area contributed by atoms with Crippen molar-refractivity contribution in [3.63, 3.8) is 0 Å². The molecule has 0 heterocycles. The summed E-state index contributed by atoms with van der Waals surface area (Å²) in [5.74, 6) is 0. The lowest BCUT2D eigenvalue weighted by Crippen LogP contribution is -2.31. The summed E-state index contributed by atoms with van der Waals surface area (Å²) in [7, 11) is -1.47. The fraction of sp³-hybridized carbons (Fsp3) is 1.00. The molecule has 0 radical (unpaired) electrons. The molecule has 0 aromatic rings.